The molecule has 0 amide bonds. The summed E-state index contributed by atoms with van der Waals surface area (Å²) in [6, 6.07) is 1.97. The van der Waals surface area contributed by atoms with E-state index in [0.717, 1.165) is 12.2 Å². The maximum absolute atomic E-state index is 7.00. The molecule has 1 rings (SSSR count). The lowest BCUT2D eigenvalue weighted by atomic mass is 10.3. The Hall–Kier alpha value is -0.970. The van der Waals surface area contributed by atoms with E-state index in [1.165, 1.54) is 17.5 Å². The molecule has 12 heavy (non-hydrogen) atoms. The first kappa shape index (κ1) is 9.12. The summed E-state index contributed by atoms with van der Waals surface area (Å²) < 4.78 is 1.83. The van der Waals surface area contributed by atoms with Gasteiger partial charge in [-0.05, 0) is 12.5 Å². The Morgan fingerprint density at radius 3 is 3.08 bits per heavy atom. The molecule has 0 atom stereocenters. The first-order chi connectivity index (χ1) is 5.70. The van der Waals surface area contributed by atoms with Crippen molar-refractivity contribution in [1.29, 1.82) is 5.41 Å². The molecule has 0 bridgehead atoms. The Bertz CT molecular complexity index is 268. The van der Waals surface area contributed by atoms with Crippen LogP contribution in [0.2, 0.25) is 0 Å². The van der Waals surface area contributed by atoms with Crippen molar-refractivity contribution in [3.63, 3.8) is 0 Å². The molecule has 4 nitrogen and oxygen atoms in total. The monoisotopic (exact) mass is 184 g/mol. The van der Waals surface area contributed by atoms with Crippen LogP contribution < -0.4 is 5.73 Å². The number of nitrogens with zero attached hydrogens (tertiary/aromatic N) is 2. The molecule has 1 aromatic heterocycles. The molecule has 5 heteroatoms. The van der Waals surface area contributed by atoms with Gasteiger partial charge >= 0.3 is 0 Å². The minimum absolute atomic E-state index is 0.178. The lowest BCUT2D eigenvalue weighted by Gasteiger charge is -2.00. The Labute approximate surface area is 75.6 Å². The predicted molar refractivity (Wildman–Crippen MR) is 51.3 cm³/mol. The number of rotatable bonds is 3. The van der Waals surface area contributed by atoms with Gasteiger partial charge in [0, 0.05) is 24.7 Å². The van der Waals surface area contributed by atoms with E-state index in [4.69, 9.17) is 11.1 Å². The third-order valence-corrected chi connectivity index (χ3v) is 2.26. The molecule has 0 aliphatic rings. The maximum Gasteiger partial charge on any atom is 0.151 e. The van der Waals surface area contributed by atoms with Crippen LogP contribution >= 0.6 is 11.8 Å². The number of hydrogen-bond acceptors (Lipinski definition) is 3. The molecule has 0 fully saturated rings. The average molecular weight is 184 g/mol. The van der Waals surface area contributed by atoms with Crippen molar-refractivity contribution in [2.45, 2.75) is 6.42 Å². The second-order valence-electron chi connectivity index (χ2n) is 2.41. The summed E-state index contributed by atoms with van der Waals surface area (Å²) in [5, 5.41) is 11.2. The highest BCUT2D eigenvalue weighted by atomic mass is 32.2. The molecule has 1 aromatic rings. The largest absolute Gasteiger partial charge is 0.379 e. The third-order valence-electron chi connectivity index (χ3n) is 1.54. The molecular weight excluding hydrogens is 172 g/mol. The van der Waals surface area contributed by atoms with E-state index in [2.05, 4.69) is 5.10 Å². The van der Waals surface area contributed by atoms with Crippen LogP contribution in [-0.2, 0) is 13.5 Å². The second-order valence-corrected chi connectivity index (χ2v) is 3.55. The number of hydrogen-bond donors (Lipinski definition) is 2. The molecule has 1 heterocycles. The highest BCUT2D eigenvalue weighted by molar-refractivity contribution is 8.13. The normalized spacial score (nSPS) is 10.1. The van der Waals surface area contributed by atoms with Gasteiger partial charge < -0.3 is 5.73 Å². The van der Waals surface area contributed by atoms with Crippen LogP contribution in [0.4, 0.5) is 0 Å². The molecule has 0 aromatic carbocycles. The predicted octanol–water partition coefficient (Wildman–Crippen LogP) is 0.589. The van der Waals surface area contributed by atoms with Crippen LogP contribution in [0.25, 0.3) is 0 Å². The van der Waals surface area contributed by atoms with Crippen molar-refractivity contribution in [2.75, 3.05) is 5.75 Å². The summed E-state index contributed by atoms with van der Waals surface area (Å²) in [5.41, 5.74) is 6.36. The first-order valence-corrected chi connectivity index (χ1v) is 4.62. The molecule has 3 N–H and O–H groups in total. The molecule has 0 aliphatic carbocycles. The highest BCUT2D eigenvalue weighted by Gasteiger charge is 1.98. The van der Waals surface area contributed by atoms with Gasteiger partial charge in [0.05, 0.1) is 0 Å². The number of amidine groups is 1. The number of nitrogens with one attached hydrogen (secondary N) is 1. The molecular formula is C7H12N4S. The van der Waals surface area contributed by atoms with Gasteiger partial charge in [-0.1, -0.05) is 11.8 Å². The van der Waals surface area contributed by atoms with Gasteiger partial charge in [0.1, 0.15) is 0 Å². The van der Waals surface area contributed by atoms with E-state index >= 15 is 0 Å². The van der Waals surface area contributed by atoms with Crippen molar-refractivity contribution < 1.29 is 0 Å². The van der Waals surface area contributed by atoms with Crippen LogP contribution in [-0.4, -0.2) is 20.7 Å². The van der Waals surface area contributed by atoms with Crippen LogP contribution in [0.1, 0.15) is 5.69 Å². The zero-order valence-corrected chi connectivity index (χ0v) is 7.77. The van der Waals surface area contributed by atoms with Gasteiger partial charge in [-0.25, -0.2) is 0 Å². The molecule has 0 radical (unpaired) electrons. The van der Waals surface area contributed by atoms with Gasteiger partial charge in [0.15, 0.2) is 5.17 Å². The molecule has 0 spiro atoms. The van der Waals surface area contributed by atoms with Gasteiger partial charge in [0.2, 0.25) is 0 Å². The zero-order valence-electron chi connectivity index (χ0n) is 6.95. The number of nitrogens with two attached hydrogens (primary N) is 1. The van der Waals surface area contributed by atoms with Gasteiger partial charge in [-0.3, -0.25) is 10.1 Å². The molecule has 0 saturated heterocycles. The summed E-state index contributed by atoms with van der Waals surface area (Å²) in [6.07, 6.45) is 2.68. The Morgan fingerprint density at radius 1 is 1.83 bits per heavy atom. The van der Waals surface area contributed by atoms with E-state index in [9.17, 15) is 0 Å². The van der Waals surface area contributed by atoms with Crippen LogP contribution in [0.15, 0.2) is 12.3 Å². The van der Waals surface area contributed by atoms with Gasteiger partial charge in [0.25, 0.3) is 0 Å². The van der Waals surface area contributed by atoms with Crippen LogP contribution in [0.3, 0.4) is 0 Å². The van der Waals surface area contributed by atoms with E-state index in [1.807, 2.05) is 17.8 Å². The standard InChI is InChI=1S/C7H12N4S/c1-11-6(2-4-10-11)3-5-12-7(8)9/h2,4H,3,5H2,1H3,(H3,8,9). The fourth-order valence-corrected chi connectivity index (χ4v) is 1.44. The molecule has 0 unspecified atom stereocenters. The van der Waals surface area contributed by atoms with E-state index in [1.54, 1.807) is 6.20 Å². The van der Waals surface area contributed by atoms with E-state index in [-0.39, 0.29) is 5.17 Å². The van der Waals surface area contributed by atoms with E-state index < -0.39 is 0 Å². The molecule has 66 valence electrons. The molecule has 0 aliphatic heterocycles. The van der Waals surface area contributed by atoms with Crippen LogP contribution in [0.5, 0.6) is 0 Å². The third kappa shape index (κ3) is 2.58. The lowest BCUT2D eigenvalue weighted by Crippen LogP contribution is -2.06. The average Bonchev–Trinajstić information content (AvgIpc) is 2.36. The maximum atomic E-state index is 7.00. The smallest absolute Gasteiger partial charge is 0.151 e. The second kappa shape index (κ2) is 4.15. The first-order valence-electron chi connectivity index (χ1n) is 3.64. The summed E-state index contributed by atoms with van der Waals surface area (Å²) in [5.74, 6) is 0.842. The number of thioether (sulfide) groups is 1. The Balaban J connectivity index is 2.33. The van der Waals surface area contributed by atoms with Gasteiger partial charge in [-0.15, -0.1) is 0 Å². The van der Waals surface area contributed by atoms with Gasteiger partial charge in [-0.2, -0.15) is 5.10 Å². The van der Waals surface area contributed by atoms with Crippen molar-refractivity contribution in [2.24, 2.45) is 12.8 Å². The summed E-state index contributed by atoms with van der Waals surface area (Å²) in [6.45, 7) is 0. The summed E-state index contributed by atoms with van der Waals surface area (Å²) in [7, 11) is 1.91. The highest BCUT2D eigenvalue weighted by Crippen LogP contribution is 2.04. The van der Waals surface area contributed by atoms with E-state index in [0.29, 0.717) is 0 Å². The SMILES string of the molecule is Cn1nccc1CCSC(=N)N. The van der Waals surface area contributed by atoms with Crippen molar-refractivity contribution in [1.82, 2.24) is 9.78 Å². The Kier molecular flexibility index (Phi) is 3.16. The minimum atomic E-state index is 0.178. The quantitative estimate of drug-likeness (QED) is 0.533. The number of aromatic nitrogens is 2. The fourth-order valence-electron chi connectivity index (χ4n) is 0.912. The summed E-state index contributed by atoms with van der Waals surface area (Å²) >= 11 is 1.36. The Morgan fingerprint density at radius 2 is 2.58 bits per heavy atom. The fraction of sp³-hybridized carbons (Fsp3) is 0.429. The van der Waals surface area contributed by atoms with Crippen molar-refractivity contribution in [3.05, 3.63) is 18.0 Å². The zero-order chi connectivity index (χ0) is 8.97. The van der Waals surface area contributed by atoms with Crippen molar-refractivity contribution in [3.8, 4) is 0 Å². The number of aryl methyl sites for hydroxylation is 2. The topological polar surface area (TPSA) is 67.7 Å². The van der Waals surface area contributed by atoms with Crippen LogP contribution in [0, 0.1) is 5.41 Å². The van der Waals surface area contributed by atoms with Crippen molar-refractivity contribution >= 4 is 16.9 Å². The summed E-state index contributed by atoms with van der Waals surface area (Å²) in [4.78, 5) is 0. The lowest BCUT2D eigenvalue weighted by molar-refractivity contribution is 0.720. The minimum Gasteiger partial charge on any atom is -0.379 e. The molecule has 0 saturated carbocycles.